The molecule has 1 aromatic carbocycles. The van der Waals surface area contributed by atoms with Gasteiger partial charge in [0.1, 0.15) is 18.1 Å². The standard InChI is InChI=1S/C24H39N2/c1-3-5-6-7-8-9-10-11-12-13-14-17-23-18-15-16-19-24(23)26-21-20-25(4-2)22-26/h15-16,18-22H,3-14,17H2,1-2H3/q+1. The van der Waals surface area contributed by atoms with Gasteiger partial charge in [-0.3, -0.25) is 0 Å². The van der Waals surface area contributed by atoms with Crippen LogP contribution in [0.25, 0.3) is 5.69 Å². The molecular formula is C24H39N2+. The smallest absolute Gasteiger partial charge is 0.237 e. The quantitative estimate of drug-likeness (QED) is 0.265. The fourth-order valence-corrected chi connectivity index (χ4v) is 3.68. The lowest BCUT2D eigenvalue weighted by atomic mass is 10.0. The number of para-hydroxylation sites is 1. The lowest BCUT2D eigenvalue weighted by Crippen LogP contribution is -2.28. The summed E-state index contributed by atoms with van der Waals surface area (Å²) in [6.45, 7) is 5.49. The first-order chi connectivity index (χ1) is 12.8. The van der Waals surface area contributed by atoms with Gasteiger partial charge in [0.25, 0.3) is 0 Å². The van der Waals surface area contributed by atoms with Crippen LogP contribution in [0.3, 0.4) is 0 Å². The number of aryl methyl sites for hydroxylation is 2. The van der Waals surface area contributed by atoms with Crippen molar-refractivity contribution in [3.8, 4) is 5.69 Å². The molecule has 144 valence electrons. The maximum absolute atomic E-state index is 2.29. The van der Waals surface area contributed by atoms with E-state index in [1.165, 1.54) is 88.3 Å². The van der Waals surface area contributed by atoms with E-state index < -0.39 is 0 Å². The monoisotopic (exact) mass is 355 g/mol. The SMILES string of the molecule is CCCCCCCCCCCCCc1ccccc1-n1cc[n+](CC)c1. The molecule has 2 rings (SSSR count). The van der Waals surface area contributed by atoms with Crippen LogP contribution in [0.1, 0.15) is 90.0 Å². The zero-order valence-corrected chi connectivity index (χ0v) is 17.1. The summed E-state index contributed by atoms with van der Waals surface area (Å²) in [5, 5.41) is 0. The third kappa shape index (κ3) is 7.35. The van der Waals surface area contributed by atoms with E-state index in [4.69, 9.17) is 0 Å². The zero-order chi connectivity index (χ0) is 18.5. The second-order valence-electron chi connectivity index (χ2n) is 7.57. The van der Waals surface area contributed by atoms with Gasteiger partial charge in [0.15, 0.2) is 0 Å². The van der Waals surface area contributed by atoms with Gasteiger partial charge in [-0.2, -0.15) is 0 Å². The van der Waals surface area contributed by atoms with Gasteiger partial charge in [-0.25, -0.2) is 9.13 Å². The van der Waals surface area contributed by atoms with Crippen LogP contribution in [-0.4, -0.2) is 4.57 Å². The number of aromatic nitrogens is 2. The Bertz CT molecular complexity index is 600. The molecule has 0 N–H and O–H groups in total. The van der Waals surface area contributed by atoms with Crippen LogP contribution in [0.4, 0.5) is 0 Å². The van der Waals surface area contributed by atoms with Crippen LogP contribution >= 0.6 is 0 Å². The van der Waals surface area contributed by atoms with Crippen molar-refractivity contribution in [1.82, 2.24) is 4.57 Å². The predicted octanol–water partition coefficient (Wildman–Crippen LogP) is 6.64. The van der Waals surface area contributed by atoms with Gasteiger partial charge in [-0.1, -0.05) is 89.3 Å². The second-order valence-corrected chi connectivity index (χ2v) is 7.57. The molecule has 1 heterocycles. The van der Waals surface area contributed by atoms with E-state index in [2.05, 4.69) is 66.0 Å². The Labute approximate surface area is 161 Å². The Kier molecular flexibility index (Phi) is 10.2. The molecular weight excluding hydrogens is 316 g/mol. The van der Waals surface area contributed by atoms with Gasteiger partial charge >= 0.3 is 0 Å². The van der Waals surface area contributed by atoms with Crippen molar-refractivity contribution in [3.63, 3.8) is 0 Å². The maximum atomic E-state index is 2.29. The summed E-state index contributed by atoms with van der Waals surface area (Å²) in [5.41, 5.74) is 2.81. The van der Waals surface area contributed by atoms with Crippen molar-refractivity contribution < 1.29 is 4.57 Å². The minimum Gasteiger partial charge on any atom is -0.237 e. The second kappa shape index (κ2) is 12.7. The summed E-state index contributed by atoms with van der Waals surface area (Å²) >= 11 is 0. The first-order valence-electron chi connectivity index (χ1n) is 11.0. The van der Waals surface area contributed by atoms with Crippen molar-refractivity contribution in [2.75, 3.05) is 0 Å². The van der Waals surface area contributed by atoms with E-state index in [0.29, 0.717) is 0 Å². The molecule has 0 unspecified atom stereocenters. The van der Waals surface area contributed by atoms with Crippen LogP contribution in [0.5, 0.6) is 0 Å². The van der Waals surface area contributed by atoms with Gasteiger partial charge < -0.3 is 0 Å². The Morgan fingerprint density at radius 1 is 0.769 bits per heavy atom. The van der Waals surface area contributed by atoms with E-state index in [-0.39, 0.29) is 0 Å². The summed E-state index contributed by atoms with van der Waals surface area (Å²) in [5.74, 6) is 0. The molecule has 1 aromatic heterocycles. The fraction of sp³-hybridized carbons (Fsp3) is 0.625. The topological polar surface area (TPSA) is 8.81 Å². The Balaban J connectivity index is 1.63. The van der Waals surface area contributed by atoms with E-state index in [0.717, 1.165) is 6.54 Å². The van der Waals surface area contributed by atoms with E-state index >= 15 is 0 Å². The van der Waals surface area contributed by atoms with Gasteiger partial charge in [0.2, 0.25) is 6.33 Å². The van der Waals surface area contributed by atoms with Gasteiger partial charge in [0, 0.05) is 0 Å². The Morgan fingerprint density at radius 3 is 2.00 bits per heavy atom. The highest BCUT2D eigenvalue weighted by molar-refractivity contribution is 5.40. The molecule has 0 saturated carbocycles. The molecule has 0 aliphatic rings. The Hall–Kier alpha value is -1.57. The molecule has 0 aliphatic carbocycles. The van der Waals surface area contributed by atoms with Gasteiger partial charge in [0.05, 0.1) is 6.54 Å². The lowest BCUT2D eigenvalue weighted by Gasteiger charge is -2.06. The van der Waals surface area contributed by atoms with Crippen LogP contribution in [0.2, 0.25) is 0 Å². The van der Waals surface area contributed by atoms with E-state index in [1.54, 1.807) is 0 Å². The molecule has 0 radical (unpaired) electrons. The number of hydrogen-bond acceptors (Lipinski definition) is 0. The normalized spacial score (nSPS) is 11.2. The fourth-order valence-electron chi connectivity index (χ4n) is 3.68. The number of unbranched alkanes of at least 4 members (excludes halogenated alkanes) is 10. The summed E-state index contributed by atoms with van der Waals surface area (Å²) in [7, 11) is 0. The molecule has 2 heteroatoms. The van der Waals surface area contributed by atoms with Crippen LogP contribution in [0, 0.1) is 0 Å². The van der Waals surface area contributed by atoms with Crippen LogP contribution in [-0.2, 0) is 13.0 Å². The number of benzene rings is 1. The highest BCUT2D eigenvalue weighted by Crippen LogP contribution is 2.18. The van der Waals surface area contributed by atoms with Crippen molar-refractivity contribution in [1.29, 1.82) is 0 Å². The summed E-state index contributed by atoms with van der Waals surface area (Å²) in [6, 6.07) is 8.86. The summed E-state index contributed by atoms with van der Waals surface area (Å²) in [6.07, 6.45) is 23.2. The number of hydrogen-bond donors (Lipinski definition) is 0. The third-order valence-corrected chi connectivity index (χ3v) is 5.38. The average molecular weight is 356 g/mol. The molecule has 0 amide bonds. The summed E-state index contributed by atoms with van der Waals surface area (Å²) < 4.78 is 4.48. The molecule has 2 aromatic rings. The van der Waals surface area contributed by atoms with Crippen molar-refractivity contribution in [2.45, 2.75) is 97.4 Å². The predicted molar refractivity (Wildman–Crippen MR) is 112 cm³/mol. The summed E-state index contributed by atoms with van der Waals surface area (Å²) in [4.78, 5) is 0. The first kappa shape index (κ1) is 20.7. The largest absolute Gasteiger partial charge is 0.248 e. The van der Waals surface area contributed by atoms with Crippen molar-refractivity contribution in [3.05, 3.63) is 48.5 Å². The minimum atomic E-state index is 1.02. The van der Waals surface area contributed by atoms with Crippen molar-refractivity contribution in [2.24, 2.45) is 0 Å². The molecule has 0 aliphatic heterocycles. The van der Waals surface area contributed by atoms with Gasteiger partial charge in [-0.05, 0) is 31.4 Å². The highest BCUT2D eigenvalue weighted by Gasteiger charge is 2.10. The number of imidazole rings is 1. The average Bonchev–Trinajstić information content (AvgIpc) is 3.15. The molecule has 0 atom stereocenters. The highest BCUT2D eigenvalue weighted by atomic mass is 15.1. The molecule has 2 nitrogen and oxygen atoms in total. The minimum absolute atomic E-state index is 1.02. The van der Waals surface area contributed by atoms with E-state index in [1.807, 2.05) is 0 Å². The lowest BCUT2D eigenvalue weighted by molar-refractivity contribution is -0.692. The van der Waals surface area contributed by atoms with E-state index in [9.17, 15) is 0 Å². The van der Waals surface area contributed by atoms with Gasteiger partial charge in [-0.15, -0.1) is 0 Å². The zero-order valence-electron chi connectivity index (χ0n) is 17.1. The number of nitrogens with zero attached hydrogens (tertiary/aromatic N) is 2. The third-order valence-electron chi connectivity index (χ3n) is 5.38. The molecule has 0 fully saturated rings. The van der Waals surface area contributed by atoms with Crippen molar-refractivity contribution >= 4 is 0 Å². The number of rotatable bonds is 14. The molecule has 0 saturated heterocycles. The van der Waals surface area contributed by atoms with Crippen LogP contribution in [0.15, 0.2) is 43.0 Å². The van der Waals surface area contributed by atoms with Crippen LogP contribution < -0.4 is 4.57 Å². The molecule has 0 spiro atoms. The maximum Gasteiger partial charge on any atom is 0.248 e. The molecule has 0 bridgehead atoms. The first-order valence-corrected chi connectivity index (χ1v) is 11.0. The Morgan fingerprint density at radius 2 is 1.38 bits per heavy atom. The molecule has 26 heavy (non-hydrogen) atoms.